The first-order valence-electron chi connectivity index (χ1n) is 23.6. The summed E-state index contributed by atoms with van der Waals surface area (Å²) in [6.45, 7) is 3.58. The average Bonchev–Trinajstić information content (AvgIpc) is 3.20. The molecule has 0 heterocycles. The number of alkyl carbamates (subject to hydrolysis) is 1. The number of rotatable bonds is 45. The van der Waals surface area contributed by atoms with E-state index in [0.717, 1.165) is 32.1 Å². The Balaban J connectivity index is 0. The van der Waals surface area contributed by atoms with Crippen LogP contribution >= 0.6 is 7.82 Å². The molecule has 0 aromatic carbocycles. The van der Waals surface area contributed by atoms with E-state index in [1.165, 1.54) is 155 Å². The van der Waals surface area contributed by atoms with Gasteiger partial charge in [0.15, 0.2) is 6.10 Å². The fourth-order valence-corrected chi connectivity index (χ4v) is 7.45. The molecule has 0 aromatic heterocycles. The van der Waals surface area contributed by atoms with E-state index >= 15 is 0 Å². The van der Waals surface area contributed by atoms with Crippen LogP contribution < -0.4 is 11.5 Å². The molecule has 13 nitrogen and oxygen atoms in total. The first-order chi connectivity index (χ1) is 28.2. The molecule has 0 spiro atoms. The van der Waals surface area contributed by atoms with Gasteiger partial charge in [-0.2, -0.15) is 0 Å². The van der Waals surface area contributed by atoms with Crippen LogP contribution in [0.3, 0.4) is 0 Å². The van der Waals surface area contributed by atoms with Crippen LogP contribution in [-0.2, 0) is 42.1 Å². The first kappa shape index (κ1) is 59.3. The third-order valence-electron chi connectivity index (χ3n) is 10.3. The largest absolute Gasteiger partial charge is 0.472 e. The Bertz CT molecular complexity index is 992. The smallest absolute Gasteiger partial charge is 0.462 e. The second-order valence-corrected chi connectivity index (χ2v) is 17.3. The number of ether oxygens (including phenoxy) is 4. The van der Waals surface area contributed by atoms with Crippen molar-refractivity contribution < 1.29 is 51.8 Å². The Labute approximate surface area is 360 Å². The first-order valence-corrected chi connectivity index (χ1v) is 25.1. The van der Waals surface area contributed by atoms with Crippen LogP contribution in [0.25, 0.3) is 0 Å². The molecule has 1 amide bonds. The monoisotopic (exact) mass is 867 g/mol. The molecule has 0 aliphatic heterocycles. The fraction of sp³-hybridized carbons (Fsp3) is 0.933. The minimum Gasteiger partial charge on any atom is -0.462 e. The van der Waals surface area contributed by atoms with E-state index in [2.05, 4.69) is 19.2 Å². The highest BCUT2D eigenvalue weighted by Gasteiger charge is 2.26. The number of hydrogen-bond donors (Lipinski definition) is 3. The van der Waals surface area contributed by atoms with Crippen molar-refractivity contribution in [2.75, 3.05) is 46.7 Å². The minimum absolute atomic E-state index is 0. The molecule has 14 heteroatoms. The number of phosphoric acid groups is 1. The molecule has 59 heavy (non-hydrogen) atoms. The molecule has 0 aromatic rings. The molecule has 352 valence electrons. The molecule has 1 unspecified atom stereocenters. The lowest BCUT2D eigenvalue weighted by Crippen LogP contribution is -2.30. The number of carbonyl (C=O) groups is 3. The van der Waals surface area contributed by atoms with Crippen molar-refractivity contribution in [1.82, 2.24) is 11.5 Å². The lowest BCUT2D eigenvalue weighted by molar-refractivity contribution is -0.161. The topological polar surface area (TPSA) is 191 Å². The van der Waals surface area contributed by atoms with E-state index in [-0.39, 0.29) is 52.0 Å². The summed E-state index contributed by atoms with van der Waals surface area (Å²) in [6.07, 6.45) is 35.5. The summed E-state index contributed by atoms with van der Waals surface area (Å²) < 4.78 is 43.1. The van der Waals surface area contributed by atoms with Gasteiger partial charge in [-0.25, -0.2) is 9.36 Å². The highest BCUT2D eigenvalue weighted by atomic mass is 31.2. The molecule has 0 aliphatic carbocycles. The van der Waals surface area contributed by atoms with Crippen LogP contribution in [0.15, 0.2) is 0 Å². The summed E-state index contributed by atoms with van der Waals surface area (Å²) in [5.74, 6) is -0.892. The molecular weight excluding hydrogens is 775 g/mol. The summed E-state index contributed by atoms with van der Waals surface area (Å²) in [6, 6.07) is 0. The molecular formula is C45H91N2O11P. The van der Waals surface area contributed by atoms with Gasteiger partial charge >= 0.3 is 25.9 Å². The number of methoxy groups -OCH3 is 1. The normalized spacial score (nSPS) is 12.7. The molecule has 0 aliphatic rings. The molecule has 0 saturated carbocycles. The van der Waals surface area contributed by atoms with E-state index in [0.29, 0.717) is 12.8 Å². The van der Waals surface area contributed by atoms with Gasteiger partial charge in [0, 0.05) is 26.5 Å². The zero-order valence-corrected chi connectivity index (χ0v) is 39.0. The Morgan fingerprint density at radius 2 is 0.898 bits per heavy atom. The number of unbranched alkanes of at least 4 members (excludes halogenated alkanes) is 28. The predicted molar refractivity (Wildman–Crippen MR) is 238 cm³/mol. The Hall–Kier alpha value is -1.76. The summed E-state index contributed by atoms with van der Waals surface area (Å²) in [7, 11) is -3.09. The Kier molecular flexibility index (Phi) is 46.0. The van der Waals surface area contributed by atoms with Crippen LogP contribution in [0.2, 0.25) is 0 Å². The highest BCUT2D eigenvalue weighted by Crippen LogP contribution is 2.43. The lowest BCUT2D eigenvalue weighted by Gasteiger charge is -2.20. The van der Waals surface area contributed by atoms with Gasteiger partial charge in [-0.1, -0.05) is 194 Å². The van der Waals surface area contributed by atoms with Crippen molar-refractivity contribution >= 4 is 25.9 Å². The van der Waals surface area contributed by atoms with Crippen molar-refractivity contribution in [3.05, 3.63) is 0 Å². The van der Waals surface area contributed by atoms with Crippen LogP contribution in [-0.4, -0.2) is 75.7 Å². The standard InChI is InChI=1S/C45H88NO11P.H3N/c1-4-6-8-10-12-14-16-18-20-22-24-26-28-30-32-34-43(47)54-40-42(41-56-58(50,51)55-37-36-46-45(49)53-39-38-52-3)57-44(48)35-33-31-29-27-25-23-21-19-17-15-13-11-9-7-5-2;/h42H,4-41H2,1-3H3,(H,46,49)(H,50,51);1H3/t42-;/m1./s1. The minimum atomic E-state index is -4.57. The van der Waals surface area contributed by atoms with Crippen molar-refractivity contribution in [2.24, 2.45) is 0 Å². The lowest BCUT2D eigenvalue weighted by atomic mass is 10.0. The van der Waals surface area contributed by atoms with E-state index in [1.807, 2.05) is 0 Å². The number of phosphoric ester groups is 1. The van der Waals surface area contributed by atoms with Crippen LogP contribution in [0.1, 0.15) is 219 Å². The van der Waals surface area contributed by atoms with Crippen molar-refractivity contribution in [1.29, 1.82) is 0 Å². The molecule has 5 N–H and O–H groups in total. The summed E-state index contributed by atoms with van der Waals surface area (Å²) in [5.41, 5.74) is 0. The van der Waals surface area contributed by atoms with Gasteiger partial charge in [-0.05, 0) is 12.8 Å². The van der Waals surface area contributed by atoms with E-state index in [1.54, 1.807) is 0 Å². The van der Waals surface area contributed by atoms with Crippen molar-refractivity contribution in [3.63, 3.8) is 0 Å². The van der Waals surface area contributed by atoms with Crippen molar-refractivity contribution in [2.45, 2.75) is 225 Å². The maximum Gasteiger partial charge on any atom is 0.472 e. The van der Waals surface area contributed by atoms with Gasteiger partial charge in [0.25, 0.3) is 0 Å². The third kappa shape index (κ3) is 45.6. The number of nitrogens with one attached hydrogen (secondary N) is 1. The van der Waals surface area contributed by atoms with Gasteiger partial charge in [-0.3, -0.25) is 18.6 Å². The van der Waals surface area contributed by atoms with Crippen LogP contribution in [0, 0.1) is 0 Å². The molecule has 0 bridgehead atoms. The fourth-order valence-electron chi connectivity index (χ4n) is 6.70. The highest BCUT2D eigenvalue weighted by molar-refractivity contribution is 7.47. The molecule has 0 radical (unpaired) electrons. The quantitative estimate of drug-likeness (QED) is 0.0227. The Morgan fingerprint density at radius 3 is 1.31 bits per heavy atom. The number of carbonyl (C=O) groups excluding carboxylic acids is 3. The zero-order chi connectivity index (χ0) is 42.6. The second-order valence-electron chi connectivity index (χ2n) is 15.8. The van der Waals surface area contributed by atoms with E-state index < -0.39 is 38.6 Å². The SMILES string of the molecule is CCCCCCCCCCCCCCCCCC(=O)OC[C@H](COP(=O)(O)OCCNC(=O)OCCOC)OC(=O)CCCCCCCCCCCCCCCCC.N. The number of amides is 1. The van der Waals surface area contributed by atoms with Gasteiger partial charge < -0.3 is 35.3 Å². The average molecular weight is 867 g/mol. The number of esters is 2. The maximum absolute atomic E-state index is 12.7. The van der Waals surface area contributed by atoms with Gasteiger partial charge in [0.1, 0.15) is 13.2 Å². The van der Waals surface area contributed by atoms with Crippen molar-refractivity contribution in [3.8, 4) is 0 Å². The van der Waals surface area contributed by atoms with E-state index in [9.17, 15) is 23.8 Å². The van der Waals surface area contributed by atoms with E-state index in [4.69, 9.17) is 28.0 Å². The Morgan fingerprint density at radius 1 is 0.508 bits per heavy atom. The summed E-state index contributed by atoms with van der Waals surface area (Å²) in [4.78, 5) is 47.0. The molecule has 0 fully saturated rings. The zero-order valence-electron chi connectivity index (χ0n) is 38.1. The number of hydrogen-bond acceptors (Lipinski definition) is 11. The van der Waals surface area contributed by atoms with Gasteiger partial charge in [0.2, 0.25) is 0 Å². The van der Waals surface area contributed by atoms with Crippen LogP contribution in [0.4, 0.5) is 4.79 Å². The van der Waals surface area contributed by atoms with Crippen LogP contribution in [0.5, 0.6) is 0 Å². The third-order valence-corrected chi connectivity index (χ3v) is 11.3. The maximum atomic E-state index is 12.7. The predicted octanol–water partition coefficient (Wildman–Crippen LogP) is 12.6. The van der Waals surface area contributed by atoms with Gasteiger partial charge in [0.05, 0.1) is 19.8 Å². The molecule has 2 atom stereocenters. The molecule has 0 rings (SSSR count). The summed E-state index contributed by atoms with van der Waals surface area (Å²) >= 11 is 0. The van der Waals surface area contributed by atoms with Gasteiger partial charge in [-0.15, -0.1) is 0 Å². The summed E-state index contributed by atoms with van der Waals surface area (Å²) in [5, 5.41) is 2.38. The molecule has 0 saturated heterocycles. The second kappa shape index (κ2) is 45.8.